The Kier molecular flexibility index (Phi) is 4.27. The van der Waals surface area contributed by atoms with Crippen LogP contribution in [0.1, 0.15) is 20.3 Å². The zero-order chi connectivity index (χ0) is 8.85. The summed E-state index contributed by atoms with van der Waals surface area (Å²) in [5, 5.41) is 8.69. The summed E-state index contributed by atoms with van der Waals surface area (Å²) in [6.07, 6.45) is 4.10. The third kappa shape index (κ3) is 3.03. The van der Waals surface area contributed by atoms with Crippen LogP contribution in [-0.2, 0) is 4.79 Å². The minimum absolute atomic E-state index is 0.0625. The molecule has 2 heteroatoms. The normalized spacial score (nSPS) is 14.2. The van der Waals surface area contributed by atoms with Crippen molar-refractivity contribution in [1.29, 1.82) is 0 Å². The van der Waals surface area contributed by atoms with Gasteiger partial charge in [0.15, 0.2) is 0 Å². The molecule has 0 heterocycles. The van der Waals surface area contributed by atoms with Gasteiger partial charge in [-0.1, -0.05) is 26.0 Å². The van der Waals surface area contributed by atoms with E-state index in [1.54, 1.807) is 12.2 Å². The van der Waals surface area contributed by atoms with Gasteiger partial charge in [0.1, 0.15) is 0 Å². The van der Waals surface area contributed by atoms with Crippen LogP contribution in [0.25, 0.3) is 0 Å². The van der Waals surface area contributed by atoms with Crippen molar-refractivity contribution in [2.75, 3.05) is 0 Å². The van der Waals surface area contributed by atoms with E-state index >= 15 is 0 Å². The van der Waals surface area contributed by atoms with Crippen molar-refractivity contribution in [2.24, 2.45) is 5.92 Å². The summed E-state index contributed by atoms with van der Waals surface area (Å²) < 4.78 is 0. The Morgan fingerprint density at radius 1 is 1.73 bits per heavy atom. The van der Waals surface area contributed by atoms with E-state index in [0.29, 0.717) is 5.57 Å². The summed E-state index contributed by atoms with van der Waals surface area (Å²) in [5.74, 6) is -0.910. The van der Waals surface area contributed by atoms with Crippen LogP contribution >= 0.6 is 0 Å². The van der Waals surface area contributed by atoms with E-state index in [2.05, 4.69) is 6.58 Å². The first-order valence-electron chi connectivity index (χ1n) is 3.69. The molecule has 0 bridgehead atoms. The van der Waals surface area contributed by atoms with E-state index in [4.69, 9.17) is 5.11 Å². The summed E-state index contributed by atoms with van der Waals surface area (Å²) in [5.41, 5.74) is 0.433. The van der Waals surface area contributed by atoms with Crippen molar-refractivity contribution in [2.45, 2.75) is 20.3 Å². The van der Waals surface area contributed by atoms with Gasteiger partial charge in [-0.2, -0.15) is 0 Å². The van der Waals surface area contributed by atoms with Gasteiger partial charge in [-0.15, -0.1) is 6.58 Å². The van der Waals surface area contributed by atoms with Gasteiger partial charge in [0.2, 0.25) is 0 Å². The highest BCUT2D eigenvalue weighted by atomic mass is 16.4. The largest absolute Gasteiger partial charge is 0.478 e. The SMILES string of the molecule is C=CC(C)/C(=C\CC)C(=O)O. The van der Waals surface area contributed by atoms with Gasteiger partial charge in [-0.05, 0) is 6.42 Å². The number of allylic oxidation sites excluding steroid dienone is 2. The Morgan fingerprint density at radius 2 is 2.27 bits per heavy atom. The lowest BCUT2D eigenvalue weighted by molar-refractivity contribution is -0.133. The maximum atomic E-state index is 10.6. The van der Waals surface area contributed by atoms with E-state index in [1.165, 1.54) is 0 Å². The first-order valence-corrected chi connectivity index (χ1v) is 3.69. The Balaban J connectivity index is 4.46. The highest BCUT2D eigenvalue weighted by Gasteiger charge is 2.11. The third-order valence-corrected chi connectivity index (χ3v) is 1.52. The highest BCUT2D eigenvalue weighted by Crippen LogP contribution is 2.11. The first-order chi connectivity index (χ1) is 5.13. The van der Waals surface area contributed by atoms with Gasteiger partial charge in [-0.3, -0.25) is 0 Å². The molecule has 0 aliphatic carbocycles. The van der Waals surface area contributed by atoms with E-state index in [0.717, 1.165) is 6.42 Å². The fourth-order valence-corrected chi connectivity index (χ4v) is 0.815. The van der Waals surface area contributed by atoms with E-state index in [1.807, 2.05) is 13.8 Å². The van der Waals surface area contributed by atoms with Gasteiger partial charge < -0.3 is 5.11 Å². The van der Waals surface area contributed by atoms with Crippen LogP contribution in [0.2, 0.25) is 0 Å². The third-order valence-electron chi connectivity index (χ3n) is 1.52. The monoisotopic (exact) mass is 154 g/mol. The summed E-state index contributed by atoms with van der Waals surface area (Å²) >= 11 is 0. The van der Waals surface area contributed by atoms with Gasteiger partial charge >= 0.3 is 5.97 Å². The van der Waals surface area contributed by atoms with Crippen molar-refractivity contribution in [3.05, 3.63) is 24.3 Å². The van der Waals surface area contributed by atoms with Crippen molar-refractivity contribution >= 4 is 5.97 Å². The Bertz CT molecular complexity index is 180. The number of hydrogen-bond acceptors (Lipinski definition) is 1. The maximum Gasteiger partial charge on any atom is 0.331 e. The van der Waals surface area contributed by atoms with Crippen LogP contribution in [0.3, 0.4) is 0 Å². The molecule has 0 aromatic rings. The van der Waals surface area contributed by atoms with Crippen molar-refractivity contribution in [1.82, 2.24) is 0 Å². The Labute approximate surface area is 67.2 Å². The molecule has 11 heavy (non-hydrogen) atoms. The van der Waals surface area contributed by atoms with E-state index in [9.17, 15) is 4.79 Å². The molecule has 0 rings (SSSR count). The minimum atomic E-state index is -0.848. The van der Waals surface area contributed by atoms with Crippen LogP contribution in [0.5, 0.6) is 0 Å². The van der Waals surface area contributed by atoms with Crippen LogP contribution in [0.15, 0.2) is 24.3 Å². The summed E-state index contributed by atoms with van der Waals surface area (Å²) in [4.78, 5) is 10.6. The molecule has 0 aromatic heterocycles. The van der Waals surface area contributed by atoms with Gasteiger partial charge in [0.25, 0.3) is 0 Å². The molecule has 1 N–H and O–H groups in total. The Morgan fingerprint density at radius 3 is 2.55 bits per heavy atom. The molecule has 0 aromatic carbocycles. The molecular formula is C9H14O2. The number of carboxylic acid groups (broad SMARTS) is 1. The quantitative estimate of drug-likeness (QED) is 0.498. The molecule has 1 unspecified atom stereocenters. The predicted molar refractivity (Wildman–Crippen MR) is 45.4 cm³/mol. The maximum absolute atomic E-state index is 10.6. The second-order valence-electron chi connectivity index (χ2n) is 2.40. The summed E-state index contributed by atoms with van der Waals surface area (Å²) in [6, 6.07) is 0. The van der Waals surface area contributed by atoms with Crippen molar-refractivity contribution in [3.63, 3.8) is 0 Å². The number of aliphatic carboxylic acids is 1. The second-order valence-corrected chi connectivity index (χ2v) is 2.40. The van der Waals surface area contributed by atoms with Crippen LogP contribution in [-0.4, -0.2) is 11.1 Å². The fourth-order valence-electron chi connectivity index (χ4n) is 0.815. The standard InChI is InChI=1S/C9H14O2/c1-4-6-8(9(10)11)7(3)5-2/h5-7H,2,4H2,1,3H3,(H,10,11)/b8-6+. The number of carboxylic acids is 1. The molecule has 0 aliphatic heterocycles. The van der Waals surface area contributed by atoms with Crippen LogP contribution < -0.4 is 0 Å². The lowest BCUT2D eigenvalue weighted by atomic mass is 10.0. The van der Waals surface area contributed by atoms with Crippen LogP contribution in [0, 0.1) is 5.92 Å². The van der Waals surface area contributed by atoms with Gasteiger partial charge in [-0.25, -0.2) is 4.79 Å². The molecule has 0 saturated heterocycles. The smallest absolute Gasteiger partial charge is 0.331 e. The second kappa shape index (κ2) is 4.72. The zero-order valence-corrected chi connectivity index (χ0v) is 7.00. The number of hydrogen-bond donors (Lipinski definition) is 1. The molecule has 0 aliphatic rings. The predicted octanol–water partition coefficient (Wildman–Crippen LogP) is 2.23. The molecule has 62 valence electrons. The average molecular weight is 154 g/mol. The molecule has 2 nitrogen and oxygen atoms in total. The topological polar surface area (TPSA) is 37.3 Å². The van der Waals surface area contributed by atoms with Gasteiger partial charge in [0.05, 0.1) is 0 Å². The fraction of sp³-hybridized carbons (Fsp3) is 0.444. The van der Waals surface area contributed by atoms with Crippen molar-refractivity contribution in [3.8, 4) is 0 Å². The first kappa shape index (κ1) is 9.95. The zero-order valence-electron chi connectivity index (χ0n) is 7.00. The molecule has 0 radical (unpaired) electrons. The number of carbonyl (C=O) groups is 1. The van der Waals surface area contributed by atoms with Crippen LogP contribution in [0.4, 0.5) is 0 Å². The summed E-state index contributed by atoms with van der Waals surface area (Å²) in [6.45, 7) is 7.28. The molecule has 1 atom stereocenters. The molecule has 0 saturated carbocycles. The highest BCUT2D eigenvalue weighted by molar-refractivity contribution is 5.87. The van der Waals surface area contributed by atoms with E-state index in [-0.39, 0.29) is 5.92 Å². The lowest BCUT2D eigenvalue weighted by Crippen LogP contribution is -2.07. The number of rotatable bonds is 4. The molecule has 0 fully saturated rings. The lowest BCUT2D eigenvalue weighted by Gasteiger charge is -2.05. The minimum Gasteiger partial charge on any atom is -0.478 e. The van der Waals surface area contributed by atoms with Gasteiger partial charge in [0, 0.05) is 11.5 Å². The summed E-state index contributed by atoms with van der Waals surface area (Å²) in [7, 11) is 0. The van der Waals surface area contributed by atoms with E-state index < -0.39 is 5.97 Å². The molecular weight excluding hydrogens is 140 g/mol. The average Bonchev–Trinajstić information content (AvgIpc) is 1.98. The molecule has 0 spiro atoms. The Hall–Kier alpha value is -1.05. The van der Waals surface area contributed by atoms with Crippen molar-refractivity contribution < 1.29 is 9.90 Å². The molecule has 0 amide bonds.